The molecule has 132 valence electrons. The lowest BCUT2D eigenvalue weighted by Crippen LogP contribution is -2.50. The Hall–Kier alpha value is -1.45. The second-order valence-corrected chi connectivity index (χ2v) is 8.33. The van der Waals surface area contributed by atoms with Crippen molar-refractivity contribution in [2.75, 3.05) is 51.4 Å². The van der Waals surface area contributed by atoms with E-state index in [9.17, 15) is 13.2 Å². The minimum absolute atomic E-state index is 0.0545. The van der Waals surface area contributed by atoms with Crippen molar-refractivity contribution < 1.29 is 22.7 Å². The first-order valence-electron chi connectivity index (χ1n) is 7.69. The number of carbonyl (C=O) groups is 1. The van der Waals surface area contributed by atoms with Crippen LogP contribution in [0.4, 0.5) is 0 Å². The predicted molar refractivity (Wildman–Crippen MR) is 91.2 cm³/mol. The van der Waals surface area contributed by atoms with Crippen LogP contribution in [0.1, 0.15) is 0 Å². The summed E-state index contributed by atoms with van der Waals surface area (Å²) >= 11 is 1.47. The molecular weight excluding hydrogens is 352 g/mol. The highest BCUT2D eigenvalue weighted by atomic mass is 32.2. The summed E-state index contributed by atoms with van der Waals surface area (Å²) in [7, 11) is -3.60. The summed E-state index contributed by atoms with van der Waals surface area (Å²) in [4.78, 5) is 13.8. The standard InChI is InChI=1S/C15H20N2O5S2/c1-23-11-15(18)16-4-6-17(7-5-16)24(19,20)12-2-3-13-14(10-12)22-9-8-21-13/h2-3,10H,4-9,11H2,1H3. The van der Waals surface area contributed by atoms with Crippen molar-refractivity contribution in [3.63, 3.8) is 0 Å². The minimum Gasteiger partial charge on any atom is -0.486 e. The minimum atomic E-state index is -3.60. The van der Waals surface area contributed by atoms with E-state index in [4.69, 9.17) is 9.47 Å². The average Bonchev–Trinajstić information content (AvgIpc) is 2.61. The SMILES string of the molecule is CSCC(=O)N1CCN(S(=O)(=O)c2ccc3c(c2)OCCO3)CC1. The number of amides is 1. The van der Waals surface area contributed by atoms with E-state index < -0.39 is 10.0 Å². The smallest absolute Gasteiger partial charge is 0.243 e. The predicted octanol–water partition coefficient (Wildman–Crippen LogP) is 0.654. The fourth-order valence-corrected chi connectivity index (χ4v) is 4.59. The molecule has 0 atom stereocenters. The van der Waals surface area contributed by atoms with Crippen molar-refractivity contribution in [2.45, 2.75) is 4.90 Å². The number of thioether (sulfide) groups is 1. The first-order chi connectivity index (χ1) is 11.5. The molecular formula is C15H20N2O5S2. The lowest BCUT2D eigenvalue weighted by atomic mass is 10.3. The zero-order chi connectivity index (χ0) is 17.2. The number of hydrogen-bond donors (Lipinski definition) is 0. The molecule has 9 heteroatoms. The zero-order valence-corrected chi connectivity index (χ0v) is 15.1. The quantitative estimate of drug-likeness (QED) is 0.773. The highest BCUT2D eigenvalue weighted by Gasteiger charge is 2.30. The first kappa shape index (κ1) is 17.4. The van der Waals surface area contributed by atoms with E-state index in [0.717, 1.165) is 0 Å². The molecule has 0 spiro atoms. The number of sulfonamides is 1. The number of rotatable bonds is 4. The summed E-state index contributed by atoms with van der Waals surface area (Å²) < 4.78 is 37.9. The maximum atomic E-state index is 12.8. The molecule has 1 aromatic carbocycles. The van der Waals surface area contributed by atoms with Gasteiger partial charge < -0.3 is 14.4 Å². The molecule has 0 bridgehead atoms. The van der Waals surface area contributed by atoms with Crippen molar-refractivity contribution in [1.29, 1.82) is 0 Å². The van der Waals surface area contributed by atoms with E-state index in [1.54, 1.807) is 11.0 Å². The number of benzene rings is 1. The molecule has 1 saturated heterocycles. The van der Waals surface area contributed by atoms with Gasteiger partial charge in [0, 0.05) is 32.2 Å². The summed E-state index contributed by atoms with van der Waals surface area (Å²) in [5.41, 5.74) is 0. The van der Waals surface area contributed by atoms with Gasteiger partial charge in [-0.3, -0.25) is 4.79 Å². The molecule has 0 aromatic heterocycles. The van der Waals surface area contributed by atoms with Gasteiger partial charge in [0.1, 0.15) is 13.2 Å². The molecule has 24 heavy (non-hydrogen) atoms. The molecule has 0 N–H and O–H groups in total. The topological polar surface area (TPSA) is 76.2 Å². The highest BCUT2D eigenvalue weighted by molar-refractivity contribution is 7.99. The number of fused-ring (bicyclic) bond motifs is 1. The maximum absolute atomic E-state index is 12.8. The van der Waals surface area contributed by atoms with Gasteiger partial charge in [0.05, 0.1) is 10.6 Å². The fraction of sp³-hybridized carbons (Fsp3) is 0.533. The van der Waals surface area contributed by atoms with Crippen LogP contribution in [0, 0.1) is 0 Å². The molecule has 0 radical (unpaired) electrons. The van der Waals surface area contributed by atoms with Crippen molar-refractivity contribution in [3.05, 3.63) is 18.2 Å². The maximum Gasteiger partial charge on any atom is 0.243 e. The van der Waals surface area contributed by atoms with Crippen LogP contribution in [0.3, 0.4) is 0 Å². The second kappa shape index (κ2) is 7.20. The van der Waals surface area contributed by atoms with Crippen molar-refractivity contribution in [2.24, 2.45) is 0 Å². The van der Waals surface area contributed by atoms with E-state index >= 15 is 0 Å². The van der Waals surface area contributed by atoms with Crippen LogP contribution in [-0.4, -0.2) is 74.9 Å². The lowest BCUT2D eigenvalue weighted by molar-refractivity contribution is -0.129. The third-order valence-corrected chi connectivity index (χ3v) is 6.44. The molecule has 2 heterocycles. The van der Waals surface area contributed by atoms with Crippen LogP contribution in [0.5, 0.6) is 11.5 Å². The summed E-state index contributed by atoms with van der Waals surface area (Å²) in [5.74, 6) is 1.50. The molecule has 0 saturated carbocycles. The number of ether oxygens (including phenoxy) is 2. The van der Waals surface area contributed by atoms with Crippen LogP contribution in [0.15, 0.2) is 23.1 Å². The van der Waals surface area contributed by atoms with Crippen LogP contribution in [0.25, 0.3) is 0 Å². The van der Waals surface area contributed by atoms with Crippen molar-refractivity contribution in [1.82, 2.24) is 9.21 Å². The molecule has 1 fully saturated rings. The Morgan fingerprint density at radius 1 is 1.12 bits per heavy atom. The molecule has 3 rings (SSSR count). The molecule has 1 aromatic rings. The van der Waals surface area contributed by atoms with Gasteiger partial charge in [0.2, 0.25) is 15.9 Å². The summed E-state index contributed by atoms with van der Waals surface area (Å²) in [6, 6.07) is 4.67. The Balaban J connectivity index is 1.71. The molecule has 0 unspecified atom stereocenters. The van der Waals surface area contributed by atoms with Crippen LogP contribution >= 0.6 is 11.8 Å². The Morgan fingerprint density at radius 2 is 1.79 bits per heavy atom. The van der Waals surface area contributed by atoms with Gasteiger partial charge in [-0.05, 0) is 18.4 Å². The molecule has 2 aliphatic rings. The normalized spacial score (nSPS) is 18.5. The number of carbonyl (C=O) groups excluding carboxylic acids is 1. The largest absolute Gasteiger partial charge is 0.486 e. The van der Waals surface area contributed by atoms with Gasteiger partial charge in [-0.25, -0.2) is 8.42 Å². The van der Waals surface area contributed by atoms with E-state index in [0.29, 0.717) is 56.6 Å². The third kappa shape index (κ3) is 3.47. The first-order valence-corrected chi connectivity index (χ1v) is 10.5. The van der Waals surface area contributed by atoms with Gasteiger partial charge in [0.15, 0.2) is 11.5 Å². The fourth-order valence-electron chi connectivity index (χ4n) is 2.73. The number of piperazine rings is 1. The van der Waals surface area contributed by atoms with Crippen LogP contribution in [-0.2, 0) is 14.8 Å². The van der Waals surface area contributed by atoms with Crippen LogP contribution in [0.2, 0.25) is 0 Å². The van der Waals surface area contributed by atoms with Crippen molar-refractivity contribution in [3.8, 4) is 11.5 Å². The summed E-state index contributed by atoms with van der Waals surface area (Å²) in [6.07, 6.45) is 1.88. The average molecular weight is 372 g/mol. The van der Waals surface area contributed by atoms with Gasteiger partial charge in [-0.15, -0.1) is 0 Å². The lowest BCUT2D eigenvalue weighted by Gasteiger charge is -2.34. The van der Waals surface area contributed by atoms with E-state index in [1.165, 1.54) is 28.2 Å². The Morgan fingerprint density at radius 3 is 2.46 bits per heavy atom. The zero-order valence-electron chi connectivity index (χ0n) is 13.4. The monoisotopic (exact) mass is 372 g/mol. The second-order valence-electron chi connectivity index (χ2n) is 5.52. The molecule has 7 nitrogen and oxygen atoms in total. The summed E-state index contributed by atoms with van der Waals surface area (Å²) in [5, 5.41) is 0. The molecule has 0 aliphatic carbocycles. The van der Waals surface area contributed by atoms with Gasteiger partial charge in [0.25, 0.3) is 0 Å². The summed E-state index contributed by atoms with van der Waals surface area (Å²) in [6.45, 7) is 2.32. The molecule has 2 aliphatic heterocycles. The van der Waals surface area contributed by atoms with Crippen LogP contribution < -0.4 is 9.47 Å². The Kier molecular flexibility index (Phi) is 5.21. The van der Waals surface area contributed by atoms with Gasteiger partial charge in [-0.1, -0.05) is 0 Å². The van der Waals surface area contributed by atoms with Crippen molar-refractivity contribution >= 4 is 27.7 Å². The van der Waals surface area contributed by atoms with E-state index in [2.05, 4.69) is 0 Å². The Labute approximate surface area is 145 Å². The Bertz CT molecular complexity index is 715. The number of hydrogen-bond acceptors (Lipinski definition) is 6. The van der Waals surface area contributed by atoms with E-state index in [-0.39, 0.29) is 10.8 Å². The van der Waals surface area contributed by atoms with E-state index in [1.807, 2.05) is 6.26 Å². The van der Waals surface area contributed by atoms with Gasteiger partial charge in [-0.2, -0.15) is 16.1 Å². The highest BCUT2D eigenvalue weighted by Crippen LogP contribution is 2.33. The molecule has 1 amide bonds. The van der Waals surface area contributed by atoms with Gasteiger partial charge >= 0.3 is 0 Å². The third-order valence-electron chi connectivity index (χ3n) is 4.01. The number of nitrogens with zero attached hydrogens (tertiary/aromatic N) is 2.